The molecule has 0 amide bonds. The van der Waals surface area contributed by atoms with Gasteiger partial charge in [-0.15, -0.1) is 0 Å². The molecule has 0 spiro atoms. The first-order chi connectivity index (χ1) is 14.6. The number of anilines is 1. The van der Waals surface area contributed by atoms with Crippen LogP contribution >= 0.6 is 0 Å². The van der Waals surface area contributed by atoms with Crippen LogP contribution in [-0.2, 0) is 0 Å². The van der Waals surface area contributed by atoms with E-state index in [1.165, 1.54) is 23.3 Å². The average molecular weight is 401 g/mol. The molecular weight excluding hydrogens is 377 g/mol. The molecule has 5 heteroatoms. The number of ether oxygens (including phenoxy) is 1. The van der Waals surface area contributed by atoms with Crippen LogP contribution in [-0.4, -0.2) is 24.9 Å². The number of hydrogen-bond donors (Lipinski definition) is 0. The van der Waals surface area contributed by atoms with Gasteiger partial charge in [0.1, 0.15) is 11.6 Å². The highest BCUT2D eigenvalue weighted by atomic mass is 19.1. The molecule has 0 radical (unpaired) electrons. The van der Waals surface area contributed by atoms with Crippen molar-refractivity contribution in [1.82, 2.24) is 4.98 Å². The lowest BCUT2D eigenvalue weighted by Crippen LogP contribution is -2.30. The van der Waals surface area contributed by atoms with Gasteiger partial charge in [-0.3, -0.25) is 9.98 Å². The summed E-state index contributed by atoms with van der Waals surface area (Å²) in [7, 11) is 1.55. The second-order valence-electron chi connectivity index (χ2n) is 7.42. The molecule has 1 atom stereocenters. The number of allylic oxidation sites excluding steroid dienone is 5. The minimum Gasteiger partial charge on any atom is -0.496 e. The predicted molar refractivity (Wildman–Crippen MR) is 120 cm³/mol. The number of hydrogen-bond acceptors (Lipinski definition) is 4. The van der Waals surface area contributed by atoms with E-state index in [0.717, 1.165) is 22.5 Å². The Labute approximate surface area is 176 Å². The number of rotatable bonds is 4. The van der Waals surface area contributed by atoms with Crippen molar-refractivity contribution in [3.63, 3.8) is 0 Å². The fourth-order valence-corrected chi connectivity index (χ4v) is 3.89. The summed E-state index contributed by atoms with van der Waals surface area (Å²) in [6.45, 7) is 4.83. The summed E-state index contributed by atoms with van der Waals surface area (Å²) >= 11 is 0. The SMILES string of the molecule is COc1cc(F)ccc1-c1ccncc1N1CC=NC=C1C1C=CC(C)=CC(C)=C1. The zero-order valence-electron chi connectivity index (χ0n) is 17.3. The van der Waals surface area contributed by atoms with Crippen LogP contribution < -0.4 is 9.64 Å². The lowest BCUT2D eigenvalue weighted by molar-refractivity contribution is 0.413. The Kier molecular flexibility index (Phi) is 5.61. The molecular formula is C25H24FN3O. The van der Waals surface area contributed by atoms with E-state index in [2.05, 4.69) is 53.0 Å². The first-order valence-corrected chi connectivity index (χ1v) is 9.89. The molecule has 30 heavy (non-hydrogen) atoms. The summed E-state index contributed by atoms with van der Waals surface area (Å²) in [5, 5.41) is 0. The van der Waals surface area contributed by atoms with Gasteiger partial charge in [0.05, 0.1) is 25.5 Å². The highest BCUT2D eigenvalue weighted by Crippen LogP contribution is 2.39. The van der Waals surface area contributed by atoms with Crippen LogP contribution in [0.5, 0.6) is 5.75 Å². The number of aromatic nitrogens is 1. The molecule has 2 aliphatic rings. The van der Waals surface area contributed by atoms with Gasteiger partial charge in [0.2, 0.25) is 0 Å². The molecule has 2 heterocycles. The molecule has 1 unspecified atom stereocenters. The van der Waals surface area contributed by atoms with E-state index >= 15 is 0 Å². The number of methoxy groups -OCH3 is 1. The van der Waals surface area contributed by atoms with E-state index in [-0.39, 0.29) is 11.7 Å². The Morgan fingerprint density at radius 1 is 1.13 bits per heavy atom. The maximum atomic E-state index is 13.8. The van der Waals surface area contributed by atoms with E-state index in [9.17, 15) is 4.39 Å². The van der Waals surface area contributed by atoms with Crippen molar-refractivity contribution in [2.45, 2.75) is 13.8 Å². The Bertz CT molecular complexity index is 1110. The predicted octanol–water partition coefficient (Wildman–Crippen LogP) is 5.71. The summed E-state index contributed by atoms with van der Waals surface area (Å²) < 4.78 is 19.2. The highest BCUT2D eigenvalue weighted by molar-refractivity contribution is 5.85. The fourth-order valence-electron chi connectivity index (χ4n) is 3.89. The van der Waals surface area contributed by atoms with Gasteiger partial charge in [0, 0.05) is 47.4 Å². The molecule has 4 nitrogen and oxygen atoms in total. The van der Waals surface area contributed by atoms with Gasteiger partial charge in [-0.1, -0.05) is 35.5 Å². The van der Waals surface area contributed by atoms with Crippen LogP contribution in [0, 0.1) is 11.7 Å². The van der Waals surface area contributed by atoms with Gasteiger partial charge in [-0.25, -0.2) is 4.39 Å². The Morgan fingerprint density at radius 3 is 2.83 bits per heavy atom. The third-order valence-corrected chi connectivity index (χ3v) is 5.24. The van der Waals surface area contributed by atoms with Crippen LogP contribution in [0.4, 0.5) is 10.1 Å². The molecule has 0 bridgehead atoms. The summed E-state index contributed by atoms with van der Waals surface area (Å²) in [5.74, 6) is 0.242. The molecule has 4 rings (SSSR count). The van der Waals surface area contributed by atoms with Crippen LogP contribution in [0.25, 0.3) is 11.1 Å². The minimum atomic E-state index is -0.330. The Morgan fingerprint density at radius 2 is 2.00 bits per heavy atom. The lowest BCUT2D eigenvalue weighted by Gasteiger charge is -2.32. The molecule has 1 aliphatic carbocycles. The standard InChI is InChI=1S/C25H24FN3O/c1-17-4-5-19(13-18(2)12-17)23-15-28-10-11-29(23)24-16-27-9-8-21(24)22-7-6-20(26)14-25(22)30-3/h4-10,12-16,19H,11H2,1-3H3. The maximum Gasteiger partial charge on any atom is 0.129 e. The third kappa shape index (κ3) is 3.96. The van der Waals surface area contributed by atoms with Gasteiger partial charge in [-0.2, -0.15) is 0 Å². The Balaban J connectivity index is 1.80. The molecule has 0 saturated heterocycles. The van der Waals surface area contributed by atoms with E-state index in [1.54, 1.807) is 19.4 Å². The lowest BCUT2D eigenvalue weighted by atomic mass is 9.98. The zero-order chi connectivity index (χ0) is 21.1. The summed E-state index contributed by atoms with van der Waals surface area (Å²) in [6.07, 6.45) is 16.1. The van der Waals surface area contributed by atoms with E-state index in [0.29, 0.717) is 12.3 Å². The first-order valence-electron chi connectivity index (χ1n) is 9.89. The normalized spacial score (nSPS) is 18.5. The molecule has 1 aromatic carbocycles. The molecule has 1 aliphatic heterocycles. The molecule has 0 fully saturated rings. The number of halogens is 1. The van der Waals surface area contributed by atoms with Crippen molar-refractivity contribution in [3.05, 3.63) is 89.8 Å². The Hall–Kier alpha value is -3.47. The van der Waals surface area contributed by atoms with Crippen LogP contribution in [0.3, 0.4) is 0 Å². The molecule has 152 valence electrons. The van der Waals surface area contributed by atoms with Crippen molar-refractivity contribution < 1.29 is 9.13 Å². The zero-order valence-corrected chi connectivity index (χ0v) is 17.3. The second kappa shape index (κ2) is 8.49. The minimum absolute atomic E-state index is 0.0827. The van der Waals surface area contributed by atoms with Crippen LogP contribution in [0.15, 0.2) is 89.0 Å². The largest absolute Gasteiger partial charge is 0.496 e. The van der Waals surface area contributed by atoms with Crippen molar-refractivity contribution in [1.29, 1.82) is 0 Å². The van der Waals surface area contributed by atoms with Crippen molar-refractivity contribution in [2.24, 2.45) is 10.9 Å². The van der Waals surface area contributed by atoms with E-state index in [4.69, 9.17) is 4.74 Å². The number of nitrogens with zero attached hydrogens (tertiary/aromatic N) is 3. The summed E-state index contributed by atoms with van der Waals surface area (Å²) in [5.41, 5.74) is 6.16. The molecule has 1 aromatic heterocycles. The summed E-state index contributed by atoms with van der Waals surface area (Å²) in [4.78, 5) is 11.0. The molecule has 2 aromatic rings. The third-order valence-electron chi connectivity index (χ3n) is 5.24. The smallest absolute Gasteiger partial charge is 0.129 e. The van der Waals surface area contributed by atoms with Crippen LogP contribution in [0.1, 0.15) is 13.8 Å². The first kappa shape index (κ1) is 19.8. The summed E-state index contributed by atoms with van der Waals surface area (Å²) in [6, 6.07) is 6.54. The number of aliphatic imine (C=N–C) groups is 1. The van der Waals surface area contributed by atoms with Gasteiger partial charge < -0.3 is 9.64 Å². The van der Waals surface area contributed by atoms with Crippen molar-refractivity contribution in [3.8, 4) is 16.9 Å². The number of benzene rings is 1. The number of pyridine rings is 1. The second-order valence-corrected chi connectivity index (χ2v) is 7.42. The fraction of sp³-hybridized carbons (Fsp3) is 0.200. The maximum absolute atomic E-state index is 13.8. The van der Waals surface area contributed by atoms with Crippen molar-refractivity contribution in [2.75, 3.05) is 18.6 Å². The van der Waals surface area contributed by atoms with Gasteiger partial charge in [0.25, 0.3) is 0 Å². The quantitative estimate of drug-likeness (QED) is 0.659. The van der Waals surface area contributed by atoms with Gasteiger partial charge in [0.15, 0.2) is 0 Å². The van der Waals surface area contributed by atoms with E-state index < -0.39 is 0 Å². The highest BCUT2D eigenvalue weighted by Gasteiger charge is 2.24. The van der Waals surface area contributed by atoms with Gasteiger partial charge >= 0.3 is 0 Å². The average Bonchev–Trinajstić information content (AvgIpc) is 2.93. The van der Waals surface area contributed by atoms with Crippen molar-refractivity contribution >= 4 is 11.9 Å². The van der Waals surface area contributed by atoms with Gasteiger partial charge in [-0.05, 0) is 32.0 Å². The van der Waals surface area contributed by atoms with E-state index in [1.807, 2.05) is 24.7 Å². The monoisotopic (exact) mass is 401 g/mol. The topological polar surface area (TPSA) is 37.7 Å². The molecule has 0 N–H and O–H groups in total. The van der Waals surface area contributed by atoms with Crippen LogP contribution in [0.2, 0.25) is 0 Å². The molecule has 0 saturated carbocycles.